The molecular weight excluding hydrogens is 226 g/mol. The molecule has 0 radical (unpaired) electrons. The van der Waals surface area contributed by atoms with Crippen LogP contribution in [0.2, 0.25) is 0 Å². The Kier molecular flexibility index (Phi) is 5.20. The van der Waals surface area contributed by atoms with Crippen LogP contribution in [0.4, 0.5) is 0 Å². The minimum Gasteiger partial charge on any atom is -0.481 e. The Balaban J connectivity index is 2.63. The monoisotopic (exact) mass is 249 g/mol. The Hall–Kier alpha value is -1.51. The summed E-state index contributed by atoms with van der Waals surface area (Å²) in [5, 5.41) is 2.91. The van der Waals surface area contributed by atoms with Gasteiger partial charge in [-0.25, -0.2) is 0 Å². The molecule has 1 N–H and O–H groups in total. The van der Waals surface area contributed by atoms with Gasteiger partial charge in [-0.15, -0.1) is 0 Å². The van der Waals surface area contributed by atoms with Crippen molar-refractivity contribution in [3.63, 3.8) is 0 Å². The first-order valence-electron chi connectivity index (χ1n) is 6.47. The van der Waals surface area contributed by atoms with Gasteiger partial charge in [0.2, 0.25) is 0 Å². The molecule has 1 amide bonds. The molecule has 0 fully saturated rings. The summed E-state index contributed by atoms with van der Waals surface area (Å²) in [7, 11) is 0. The number of ether oxygens (including phenoxy) is 1. The van der Waals surface area contributed by atoms with Crippen molar-refractivity contribution in [1.82, 2.24) is 5.32 Å². The minimum atomic E-state index is -0.472. The number of amides is 1. The maximum atomic E-state index is 11.9. The summed E-state index contributed by atoms with van der Waals surface area (Å²) in [5.74, 6) is 0.683. The Morgan fingerprint density at radius 3 is 2.28 bits per heavy atom. The van der Waals surface area contributed by atoms with Crippen molar-refractivity contribution in [3.05, 3.63) is 29.3 Å². The van der Waals surface area contributed by atoms with Gasteiger partial charge in [-0.2, -0.15) is 0 Å². The van der Waals surface area contributed by atoms with E-state index in [1.54, 1.807) is 6.92 Å². The molecule has 18 heavy (non-hydrogen) atoms. The molecule has 1 aromatic rings. The molecular formula is C15H23NO2. The Labute approximate surface area is 110 Å². The van der Waals surface area contributed by atoms with Gasteiger partial charge in [0.25, 0.3) is 5.91 Å². The fraction of sp³-hybridized carbons (Fsp3) is 0.533. The summed E-state index contributed by atoms with van der Waals surface area (Å²) in [5.41, 5.74) is 2.28. The number of rotatable bonds is 5. The van der Waals surface area contributed by atoms with Gasteiger partial charge in [-0.1, -0.05) is 13.0 Å². The molecule has 0 heterocycles. The second kappa shape index (κ2) is 6.43. The number of nitrogens with one attached hydrogen (secondary N) is 1. The molecule has 0 unspecified atom stereocenters. The maximum Gasteiger partial charge on any atom is 0.260 e. The topological polar surface area (TPSA) is 38.3 Å². The lowest BCUT2D eigenvalue weighted by molar-refractivity contribution is -0.127. The van der Waals surface area contributed by atoms with Crippen molar-refractivity contribution < 1.29 is 9.53 Å². The zero-order valence-electron chi connectivity index (χ0n) is 11.9. The number of aryl methyl sites for hydroxylation is 2. The van der Waals surface area contributed by atoms with Crippen LogP contribution in [0.5, 0.6) is 5.75 Å². The first kappa shape index (κ1) is 14.6. The van der Waals surface area contributed by atoms with Crippen LogP contribution in [0.25, 0.3) is 0 Å². The smallest absolute Gasteiger partial charge is 0.260 e. The van der Waals surface area contributed by atoms with Crippen molar-refractivity contribution in [2.45, 2.75) is 53.2 Å². The van der Waals surface area contributed by atoms with E-state index in [9.17, 15) is 4.79 Å². The molecule has 3 nitrogen and oxygen atoms in total. The zero-order valence-corrected chi connectivity index (χ0v) is 11.9. The summed E-state index contributed by atoms with van der Waals surface area (Å²) >= 11 is 0. The number of hydrogen-bond acceptors (Lipinski definition) is 2. The first-order valence-corrected chi connectivity index (χ1v) is 6.47. The van der Waals surface area contributed by atoms with Crippen molar-refractivity contribution in [2.75, 3.05) is 0 Å². The number of hydrogen-bond donors (Lipinski definition) is 1. The minimum absolute atomic E-state index is 0.0662. The van der Waals surface area contributed by atoms with Gasteiger partial charge in [-0.05, 0) is 57.4 Å². The molecule has 0 spiro atoms. The van der Waals surface area contributed by atoms with E-state index in [0.29, 0.717) is 0 Å². The molecule has 100 valence electrons. The number of carbonyl (C=O) groups excluding carboxylic acids is 1. The van der Waals surface area contributed by atoms with Gasteiger partial charge in [0.1, 0.15) is 5.75 Å². The van der Waals surface area contributed by atoms with Crippen LogP contribution in [-0.2, 0) is 4.79 Å². The van der Waals surface area contributed by atoms with Gasteiger partial charge in [0.05, 0.1) is 0 Å². The fourth-order valence-electron chi connectivity index (χ4n) is 1.72. The van der Waals surface area contributed by atoms with Crippen molar-refractivity contribution in [1.29, 1.82) is 0 Å². The third-order valence-electron chi connectivity index (χ3n) is 2.88. The van der Waals surface area contributed by atoms with Gasteiger partial charge >= 0.3 is 0 Å². The fourth-order valence-corrected chi connectivity index (χ4v) is 1.72. The number of carbonyl (C=O) groups is 1. The third-order valence-corrected chi connectivity index (χ3v) is 2.88. The summed E-state index contributed by atoms with van der Waals surface area (Å²) in [6.45, 7) is 9.84. The van der Waals surface area contributed by atoms with E-state index in [-0.39, 0.29) is 11.9 Å². The molecule has 1 aromatic carbocycles. The molecule has 1 rings (SSSR count). The van der Waals surface area contributed by atoms with Gasteiger partial charge in [0, 0.05) is 6.04 Å². The summed E-state index contributed by atoms with van der Waals surface area (Å²) in [6.07, 6.45) is 0.447. The summed E-state index contributed by atoms with van der Waals surface area (Å²) in [6, 6.07) is 6.15. The molecule has 0 bridgehead atoms. The van der Waals surface area contributed by atoms with E-state index >= 15 is 0 Å². The highest BCUT2D eigenvalue weighted by Crippen LogP contribution is 2.17. The number of benzene rings is 1. The van der Waals surface area contributed by atoms with Crippen molar-refractivity contribution in [2.24, 2.45) is 0 Å². The lowest BCUT2D eigenvalue weighted by Crippen LogP contribution is -2.40. The summed E-state index contributed by atoms with van der Waals surface area (Å²) < 4.78 is 5.67. The van der Waals surface area contributed by atoms with Crippen LogP contribution in [0, 0.1) is 13.8 Å². The zero-order chi connectivity index (χ0) is 13.7. The molecule has 0 aliphatic carbocycles. The van der Waals surface area contributed by atoms with Crippen molar-refractivity contribution in [3.8, 4) is 5.75 Å². The normalized spacial score (nSPS) is 13.8. The van der Waals surface area contributed by atoms with Crippen LogP contribution in [0.15, 0.2) is 18.2 Å². The second-order valence-corrected chi connectivity index (χ2v) is 4.90. The molecule has 0 saturated carbocycles. The Morgan fingerprint density at radius 2 is 1.78 bits per heavy atom. The third kappa shape index (κ3) is 4.40. The van der Waals surface area contributed by atoms with Crippen molar-refractivity contribution >= 4 is 5.91 Å². The van der Waals surface area contributed by atoms with E-state index in [1.807, 2.05) is 39.8 Å². The lowest BCUT2D eigenvalue weighted by Gasteiger charge is -2.18. The van der Waals surface area contributed by atoms with E-state index in [0.717, 1.165) is 23.3 Å². The average Bonchev–Trinajstić information content (AvgIpc) is 2.27. The summed E-state index contributed by atoms with van der Waals surface area (Å²) in [4.78, 5) is 11.9. The second-order valence-electron chi connectivity index (χ2n) is 4.90. The van der Waals surface area contributed by atoms with Crippen LogP contribution >= 0.6 is 0 Å². The molecule has 2 atom stereocenters. The average molecular weight is 249 g/mol. The van der Waals surface area contributed by atoms with E-state index in [4.69, 9.17) is 4.74 Å². The van der Waals surface area contributed by atoms with Gasteiger partial charge in [-0.3, -0.25) is 4.79 Å². The van der Waals surface area contributed by atoms with E-state index in [1.165, 1.54) is 0 Å². The van der Waals surface area contributed by atoms with Crippen LogP contribution in [0.1, 0.15) is 38.3 Å². The SMILES string of the molecule is CC[C@@H](C)NC(=O)[C@H](C)Oc1cc(C)cc(C)c1. The first-order chi connectivity index (χ1) is 8.42. The molecule has 3 heteroatoms. The predicted molar refractivity (Wildman–Crippen MR) is 73.9 cm³/mol. The molecule has 0 saturated heterocycles. The molecule has 0 aliphatic heterocycles. The van der Waals surface area contributed by atoms with Gasteiger partial charge in [0.15, 0.2) is 6.10 Å². The van der Waals surface area contributed by atoms with Crippen LogP contribution in [-0.4, -0.2) is 18.1 Å². The quantitative estimate of drug-likeness (QED) is 0.871. The Morgan fingerprint density at radius 1 is 1.22 bits per heavy atom. The molecule has 0 aromatic heterocycles. The van der Waals surface area contributed by atoms with Crippen LogP contribution in [0.3, 0.4) is 0 Å². The van der Waals surface area contributed by atoms with E-state index < -0.39 is 6.10 Å². The van der Waals surface area contributed by atoms with E-state index in [2.05, 4.69) is 11.4 Å². The lowest BCUT2D eigenvalue weighted by atomic mass is 10.1. The largest absolute Gasteiger partial charge is 0.481 e. The van der Waals surface area contributed by atoms with Crippen LogP contribution < -0.4 is 10.1 Å². The van der Waals surface area contributed by atoms with Gasteiger partial charge < -0.3 is 10.1 Å². The predicted octanol–water partition coefficient (Wildman–Crippen LogP) is 2.99. The highest BCUT2D eigenvalue weighted by Gasteiger charge is 2.16. The molecule has 0 aliphatic rings. The standard InChI is InChI=1S/C15H23NO2/c1-6-12(4)16-15(17)13(5)18-14-8-10(2)7-11(3)9-14/h7-9,12-13H,6H2,1-5H3,(H,16,17)/t12-,13+/m1/s1. The Bertz CT molecular complexity index is 395. The highest BCUT2D eigenvalue weighted by atomic mass is 16.5. The highest BCUT2D eigenvalue weighted by molar-refractivity contribution is 5.80. The maximum absolute atomic E-state index is 11.9.